The van der Waals surface area contributed by atoms with E-state index in [1.165, 1.54) is 18.3 Å². The van der Waals surface area contributed by atoms with Crippen LogP contribution in [0.5, 0.6) is 11.5 Å². The van der Waals surface area contributed by atoms with Crippen molar-refractivity contribution in [1.29, 1.82) is 0 Å². The fourth-order valence-electron chi connectivity index (χ4n) is 2.80. The Hall–Kier alpha value is -2.04. The lowest BCUT2D eigenvalue weighted by molar-refractivity contribution is -0.123. The first-order valence-corrected chi connectivity index (χ1v) is 12.0. The minimum Gasteiger partial charge on any atom is -0.493 e. The Kier molecular flexibility index (Phi) is 10.2. The SMILES string of the molecule is COc1cc(C=NNC(=O)C(NC(=O)c2ccc(Cl)c(Cl)c2)C(C)C)cc(I)c1OC(C)C. The van der Waals surface area contributed by atoms with Gasteiger partial charge in [-0.3, -0.25) is 9.59 Å². The third-order valence-corrected chi connectivity index (χ3v) is 5.95. The summed E-state index contributed by atoms with van der Waals surface area (Å²) in [5.41, 5.74) is 3.51. The van der Waals surface area contributed by atoms with Gasteiger partial charge in [0.1, 0.15) is 6.04 Å². The number of carbonyl (C=O) groups excluding carboxylic acids is 2. The van der Waals surface area contributed by atoms with E-state index < -0.39 is 17.9 Å². The highest BCUT2D eigenvalue weighted by Crippen LogP contribution is 2.34. The predicted octanol–water partition coefficient (Wildman–Crippen LogP) is 5.30. The normalized spacial score (nSPS) is 12.2. The van der Waals surface area contributed by atoms with Crippen LogP contribution in [0.2, 0.25) is 10.0 Å². The van der Waals surface area contributed by atoms with Crippen molar-refractivity contribution in [2.24, 2.45) is 11.0 Å². The second-order valence-corrected chi connectivity index (χ2v) is 9.74. The summed E-state index contributed by atoms with van der Waals surface area (Å²) in [5, 5.41) is 7.36. The monoisotopic (exact) mass is 605 g/mol. The molecule has 2 amide bonds. The average Bonchev–Trinajstić information content (AvgIpc) is 2.74. The summed E-state index contributed by atoms with van der Waals surface area (Å²) in [6.45, 7) is 7.52. The molecule has 2 aromatic carbocycles. The largest absolute Gasteiger partial charge is 0.493 e. The minimum atomic E-state index is -0.805. The molecule has 0 fully saturated rings. The lowest BCUT2D eigenvalue weighted by Crippen LogP contribution is -2.48. The van der Waals surface area contributed by atoms with E-state index in [1.54, 1.807) is 19.2 Å². The van der Waals surface area contributed by atoms with Crippen LogP contribution in [-0.2, 0) is 4.79 Å². The number of carbonyl (C=O) groups is 2. The number of rotatable bonds is 9. The summed E-state index contributed by atoms with van der Waals surface area (Å²) in [7, 11) is 1.56. The van der Waals surface area contributed by atoms with Crippen LogP contribution in [0.1, 0.15) is 43.6 Å². The number of halogens is 3. The van der Waals surface area contributed by atoms with Gasteiger partial charge >= 0.3 is 0 Å². The first-order valence-electron chi connectivity index (χ1n) is 10.2. The Bertz CT molecular complexity index is 1040. The van der Waals surface area contributed by atoms with E-state index in [4.69, 9.17) is 32.7 Å². The fraction of sp³-hybridized carbons (Fsp3) is 0.348. The van der Waals surface area contributed by atoms with E-state index in [-0.39, 0.29) is 17.0 Å². The highest BCUT2D eigenvalue weighted by Gasteiger charge is 2.25. The topological polar surface area (TPSA) is 89.0 Å². The predicted molar refractivity (Wildman–Crippen MR) is 140 cm³/mol. The smallest absolute Gasteiger partial charge is 0.262 e. The second-order valence-electron chi connectivity index (χ2n) is 7.76. The number of ether oxygens (including phenoxy) is 2. The third kappa shape index (κ3) is 7.75. The molecule has 0 radical (unpaired) electrons. The zero-order valence-corrected chi connectivity index (χ0v) is 22.6. The van der Waals surface area contributed by atoms with Crippen molar-refractivity contribution in [2.45, 2.75) is 39.8 Å². The number of hydrogen-bond acceptors (Lipinski definition) is 5. The van der Waals surface area contributed by atoms with Crippen molar-refractivity contribution < 1.29 is 19.1 Å². The summed E-state index contributed by atoms with van der Waals surface area (Å²) in [4.78, 5) is 25.3. The molecule has 2 aromatic rings. The first-order chi connectivity index (χ1) is 15.5. The number of nitrogens with zero attached hydrogens (tertiary/aromatic N) is 1. The number of amides is 2. The molecular formula is C23H26Cl2IN3O4. The molecule has 0 aliphatic carbocycles. The lowest BCUT2D eigenvalue weighted by Gasteiger charge is -2.20. The summed E-state index contributed by atoms with van der Waals surface area (Å²) in [5.74, 6) is 0.152. The van der Waals surface area contributed by atoms with Crippen molar-refractivity contribution in [1.82, 2.24) is 10.7 Å². The molecule has 0 spiro atoms. The highest BCUT2D eigenvalue weighted by molar-refractivity contribution is 14.1. The Morgan fingerprint density at radius 3 is 2.36 bits per heavy atom. The Balaban J connectivity index is 2.10. The van der Waals surface area contributed by atoms with Gasteiger partial charge in [-0.25, -0.2) is 5.43 Å². The van der Waals surface area contributed by atoms with E-state index in [2.05, 4.69) is 38.4 Å². The molecule has 1 atom stereocenters. The zero-order valence-electron chi connectivity index (χ0n) is 18.9. The maximum atomic E-state index is 12.7. The molecule has 1 unspecified atom stereocenters. The number of hydrogen-bond donors (Lipinski definition) is 2. The molecule has 0 heterocycles. The molecule has 0 aliphatic heterocycles. The lowest BCUT2D eigenvalue weighted by atomic mass is 10.0. The first kappa shape index (κ1) is 27.2. The standard InChI is InChI=1S/C23H26Cl2IN3O4/c1-12(2)20(28-22(30)15-6-7-16(24)17(25)10-15)23(31)29-27-11-14-8-18(26)21(33-13(3)4)19(9-14)32-5/h6-13,20H,1-5H3,(H,28,30)(H,29,31). The number of nitrogens with one attached hydrogen (secondary N) is 2. The molecule has 7 nitrogen and oxygen atoms in total. The second kappa shape index (κ2) is 12.4. The van der Waals surface area contributed by atoms with Crippen LogP contribution in [0.25, 0.3) is 0 Å². The molecule has 2 N–H and O–H groups in total. The summed E-state index contributed by atoms with van der Waals surface area (Å²) < 4.78 is 12.1. The highest BCUT2D eigenvalue weighted by atomic mass is 127. The minimum absolute atomic E-state index is 0.00158. The Morgan fingerprint density at radius 1 is 1.09 bits per heavy atom. The third-order valence-electron chi connectivity index (χ3n) is 4.41. The van der Waals surface area contributed by atoms with Crippen molar-refractivity contribution in [3.8, 4) is 11.5 Å². The maximum Gasteiger partial charge on any atom is 0.262 e. The van der Waals surface area contributed by atoms with Crippen molar-refractivity contribution >= 4 is 63.8 Å². The van der Waals surface area contributed by atoms with Gasteiger partial charge in [0.2, 0.25) is 0 Å². The van der Waals surface area contributed by atoms with Crippen LogP contribution in [-0.4, -0.2) is 37.3 Å². The van der Waals surface area contributed by atoms with Gasteiger partial charge in [0.25, 0.3) is 11.8 Å². The summed E-state index contributed by atoms with van der Waals surface area (Å²) >= 11 is 14.0. The average molecular weight is 606 g/mol. The Morgan fingerprint density at radius 2 is 1.79 bits per heavy atom. The molecule has 0 aliphatic rings. The quantitative estimate of drug-likeness (QED) is 0.231. The van der Waals surface area contributed by atoms with E-state index in [9.17, 15) is 9.59 Å². The van der Waals surface area contributed by atoms with Crippen LogP contribution in [0.4, 0.5) is 0 Å². The van der Waals surface area contributed by atoms with Gasteiger partial charge in [-0.05, 0) is 78.3 Å². The van der Waals surface area contributed by atoms with Gasteiger partial charge in [-0.1, -0.05) is 37.0 Å². The maximum absolute atomic E-state index is 12.7. The zero-order chi connectivity index (χ0) is 24.7. The molecule has 0 saturated heterocycles. The summed E-state index contributed by atoms with van der Waals surface area (Å²) in [6, 6.07) is 7.35. The molecule has 178 valence electrons. The molecule has 33 heavy (non-hydrogen) atoms. The van der Waals surface area contributed by atoms with Gasteiger partial charge in [-0.15, -0.1) is 0 Å². The van der Waals surface area contributed by atoms with Crippen LogP contribution < -0.4 is 20.2 Å². The van der Waals surface area contributed by atoms with Gasteiger partial charge in [-0.2, -0.15) is 5.10 Å². The van der Waals surface area contributed by atoms with Gasteiger partial charge in [0, 0.05) is 5.56 Å². The molecule has 2 rings (SSSR count). The van der Waals surface area contributed by atoms with E-state index in [0.717, 1.165) is 3.57 Å². The Labute approximate surface area is 217 Å². The summed E-state index contributed by atoms with van der Waals surface area (Å²) in [6.07, 6.45) is 1.50. The molecule has 0 aromatic heterocycles. The fourth-order valence-corrected chi connectivity index (χ4v) is 3.85. The van der Waals surface area contributed by atoms with Gasteiger partial charge < -0.3 is 14.8 Å². The van der Waals surface area contributed by atoms with Gasteiger partial charge in [0.05, 0.1) is 33.0 Å². The van der Waals surface area contributed by atoms with Crippen LogP contribution >= 0.6 is 45.8 Å². The van der Waals surface area contributed by atoms with E-state index in [1.807, 2.05) is 33.8 Å². The number of benzene rings is 2. The van der Waals surface area contributed by atoms with E-state index >= 15 is 0 Å². The van der Waals surface area contributed by atoms with E-state index in [0.29, 0.717) is 27.6 Å². The van der Waals surface area contributed by atoms with Crippen molar-refractivity contribution in [2.75, 3.05) is 7.11 Å². The molecule has 10 heteroatoms. The molecular weight excluding hydrogens is 580 g/mol. The molecule has 0 bridgehead atoms. The van der Waals surface area contributed by atoms with Crippen LogP contribution in [0.3, 0.4) is 0 Å². The van der Waals surface area contributed by atoms with Gasteiger partial charge in [0.15, 0.2) is 11.5 Å². The van der Waals surface area contributed by atoms with Crippen molar-refractivity contribution in [3.63, 3.8) is 0 Å². The number of methoxy groups -OCH3 is 1. The molecule has 0 saturated carbocycles. The number of hydrazone groups is 1. The van der Waals surface area contributed by atoms with Crippen molar-refractivity contribution in [3.05, 3.63) is 55.1 Å². The van der Waals surface area contributed by atoms with Crippen LogP contribution in [0.15, 0.2) is 35.4 Å². The van der Waals surface area contributed by atoms with Crippen LogP contribution in [0, 0.1) is 9.49 Å².